The molecule has 0 aromatic carbocycles. The van der Waals surface area contributed by atoms with Crippen molar-refractivity contribution in [1.29, 1.82) is 0 Å². The maximum atomic E-state index is 11.9. The first-order valence-corrected chi connectivity index (χ1v) is 7.61. The molecule has 0 aliphatic rings. The van der Waals surface area contributed by atoms with Crippen molar-refractivity contribution in [2.75, 3.05) is 26.4 Å². The molecule has 0 heterocycles. The van der Waals surface area contributed by atoms with Crippen LogP contribution in [0.5, 0.6) is 0 Å². The van der Waals surface area contributed by atoms with Crippen LogP contribution in [0, 0.1) is 10.8 Å². The van der Waals surface area contributed by atoms with E-state index < -0.39 is 35.6 Å². The zero-order valence-electron chi connectivity index (χ0n) is 13.7. The largest absolute Gasteiger partial charge is 0.396 e. The molecular formula is C15H31NO6. The molecule has 0 spiro atoms. The number of amides is 1. The van der Waals surface area contributed by atoms with E-state index in [0.717, 1.165) is 0 Å². The summed E-state index contributed by atoms with van der Waals surface area (Å²) in [6.45, 7) is 4.59. The zero-order valence-corrected chi connectivity index (χ0v) is 13.7. The second-order valence-electron chi connectivity index (χ2n) is 6.78. The lowest BCUT2D eigenvalue weighted by molar-refractivity contribution is -0.139. The predicted octanol–water partition coefficient (Wildman–Crippen LogP) is -0.996. The van der Waals surface area contributed by atoms with Crippen LogP contribution in [0.4, 0.5) is 0 Å². The molecule has 0 aliphatic carbocycles. The van der Waals surface area contributed by atoms with Gasteiger partial charge >= 0.3 is 0 Å². The van der Waals surface area contributed by atoms with E-state index in [1.165, 1.54) is 0 Å². The molecule has 0 aliphatic heterocycles. The van der Waals surface area contributed by atoms with Crippen LogP contribution >= 0.6 is 0 Å². The third kappa shape index (κ3) is 6.18. The van der Waals surface area contributed by atoms with E-state index in [9.17, 15) is 25.2 Å². The van der Waals surface area contributed by atoms with Crippen molar-refractivity contribution in [2.45, 2.75) is 52.2 Å². The Hall–Kier alpha value is -0.730. The molecule has 3 unspecified atom stereocenters. The molecular weight excluding hydrogens is 290 g/mol. The Kier molecular flexibility index (Phi) is 9.11. The third-order valence-corrected chi connectivity index (χ3v) is 4.20. The molecule has 0 radical (unpaired) electrons. The number of hydrogen-bond acceptors (Lipinski definition) is 6. The number of rotatable bonds is 11. The summed E-state index contributed by atoms with van der Waals surface area (Å²) in [5, 5.41) is 50.1. The second-order valence-corrected chi connectivity index (χ2v) is 6.78. The van der Waals surface area contributed by atoms with Gasteiger partial charge in [0.25, 0.3) is 0 Å². The lowest BCUT2D eigenvalue weighted by Gasteiger charge is -2.35. The highest BCUT2D eigenvalue weighted by Gasteiger charge is 2.39. The van der Waals surface area contributed by atoms with Gasteiger partial charge in [-0.15, -0.1) is 0 Å². The molecule has 6 N–H and O–H groups in total. The lowest BCUT2D eigenvalue weighted by Crippen LogP contribution is -2.48. The monoisotopic (exact) mass is 321 g/mol. The van der Waals surface area contributed by atoms with Crippen LogP contribution in [0.2, 0.25) is 0 Å². The maximum absolute atomic E-state index is 11.9. The van der Waals surface area contributed by atoms with E-state index in [4.69, 9.17) is 5.11 Å². The van der Waals surface area contributed by atoms with E-state index in [-0.39, 0.29) is 32.6 Å². The van der Waals surface area contributed by atoms with E-state index in [1.54, 1.807) is 20.8 Å². The summed E-state index contributed by atoms with van der Waals surface area (Å²) in [7, 11) is 0. The molecule has 0 aromatic rings. The highest BCUT2D eigenvalue weighted by molar-refractivity contribution is 5.81. The van der Waals surface area contributed by atoms with Gasteiger partial charge in [0.15, 0.2) is 0 Å². The summed E-state index contributed by atoms with van der Waals surface area (Å²) < 4.78 is 0. The topological polar surface area (TPSA) is 130 Å². The quantitative estimate of drug-likeness (QED) is 0.271. The highest BCUT2D eigenvalue weighted by Crippen LogP contribution is 2.32. The van der Waals surface area contributed by atoms with Gasteiger partial charge in [0.2, 0.25) is 5.91 Å². The molecule has 0 saturated heterocycles. The third-order valence-electron chi connectivity index (χ3n) is 4.20. The SMILES string of the molecule is CC(C)(CO)C(O)CCC(C)(CO)C(O)C(=O)NCCCO. The Bertz CT molecular complexity index is 336. The molecule has 0 bridgehead atoms. The Labute approximate surface area is 132 Å². The predicted molar refractivity (Wildman–Crippen MR) is 82.0 cm³/mol. The molecule has 1 amide bonds. The van der Waals surface area contributed by atoms with E-state index in [2.05, 4.69) is 5.32 Å². The van der Waals surface area contributed by atoms with E-state index >= 15 is 0 Å². The van der Waals surface area contributed by atoms with Crippen molar-refractivity contribution in [1.82, 2.24) is 5.32 Å². The molecule has 0 aromatic heterocycles. The van der Waals surface area contributed by atoms with Crippen molar-refractivity contribution in [2.24, 2.45) is 10.8 Å². The standard InChI is InChI=1S/C15H31NO6/c1-14(2,9-18)11(20)5-6-15(3,10-19)12(21)13(22)16-7-4-8-17/h11-12,17-21H,4-10H2,1-3H3,(H,16,22). The summed E-state index contributed by atoms with van der Waals surface area (Å²) in [5.74, 6) is -0.610. The summed E-state index contributed by atoms with van der Waals surface area (Å²) in [5.41, 5.74) is -1.78. The van der Waals surface area contributed by atoms with Gasteiger partial charge in [-0.05, 0) is 19.3 Å². The minimum absolute atomic E-state index is 0.0594. The molecule has 0 rings (SSSR count). The number of carbonyl (C=O) groups is 1. The smallest absolute Gasteiger partial charge is 0.249 e. The van der Waals surface area contributed by atoms with Crippen molar-refractivity contribution < 1.29 is 30.3 Å². The second kappa shape index (κ2) is 9.42. The number of aliphatic hydroxyl groups excluding tert-OH is 5. The maximum Gasteiger partial charge on any atom is 0.249 e. The van der Waals surface area contributed by atoms with Gasteiger partial charge < -0.3 is 30.8 Å². The minimum atomic E-state index is -1.42. The molecule has 0 fully saturated rings. The van der Waals surface area contributed by atoms with Crippen LogP contribution in [0.3, 0.4) is 0 Å². The highest BCUT2D eigenvalue weighted by atomic mass is 16.3. The molecule has 7 heteroatoms. The van der Waals surface area contributed by atoms with Gasteiger partial charge in [-0.1, -0.05) is 20.8 Å². The molecule has 3 atom stereocenters. The van der Waals surface area contributed by atoms with E-state index in [1.807, 2.05) is 0 Å². The Morgan fingerprint density at radius 2 is 1.68 bits per heavy atom. The normalized spacial score (nSPS) is 17.6. The number of carbonyl (C=O) groups excluding carboxylic acids is 1. The van der Waals surface area contributed by atoms with Crippen LogP contribution in [0.1, 0.15) is 40.0 Å². The van der Waals surface area contributed by atoms with Gasteiger partial charge in [-0.3, -0.25) is 4.79 Å². The first-order chi connectivity index (χ1) is 10.1. The molecule has 0 saturated carbocycles. The van der Waals surface area contributed by atoms with Crippen molar-refractivity contribution in [3.63, 3.8) is 0 Å². The summed E-state index contributed by atoms with van der Waals surface area (Å²) >= 11 is 0. The zero-order chi connectivity index (χ0) is 17.4. The van der Waals surface area contributed by atoms with Crippen LogP contribution in [0.15, 0.2) is 0 Å². The Morgan fingerprint density at radius 3 is 2.14 bits per heavy atom. The Balaban J connectivity index is 4.65. The average molecular weight is 321 g/mol. The number of nitrogens with one attached hydrogen (secondary N) is 1. The van der Waals surface area contributed by atoms with Crippen molar-refractivity contribution in [3.05, 3.63) is 0 Å². The van der Waals surface area contributed by atoms with Gasteiger partial charge in [0, 0.05) is 24.0 Å². The van der Waals surface area contributed by atoms with Crippen LogP contribution in [0.25, 0.3) is 0 Å². The van der Waals surface area contributed by atoms with Gasteiger partial charge in [0.1, 0.15) is 6.10 Å². The van der Waals surface area contributed by atoms with Gasteiger partial charge in [0.05, 0.1) is 19.3 Å². The Morgan fingerprint density at radius 1 is 1.09 bits per heavy atom. The van der Waals surface area contributed by atoms with Crippen molar-refractivity contribution in [3.8, 4) is 0 Å². The first-order valence-electron chi connectivity index (χ1n) is 7.61. The fourth-order valence-corrected chi connectivity index (χ4v) is 1.97. The van der Waals surface area contributed by atoms with Crippen LogP contribution in [-0.2, 0) is 4.79 Å². The minimum Gasteiger partial charge on any atom is -0.396 e. The van der Waals surface area contributed by atoms with E-state index in [0.29, 0.717) is 6.42 Å². The molecule has 7 nitrogen and oxygen atoms in total. The van der Waals surface area contributed by atoms with Gasteiger partial charge in [-0.25, -0.2) is 0 Å². The first kappa shape index (κ1) is 21.3. The summed E-state index contributed by atoms with van der Waals surface area (Å²) in [6.07, 6.45) is -1.37. The average Bonchev–Trinajstić information content (AvgIpc) is 2.51. The lowest BCUT2D eigenvalue weighted by atomic mass is 9.76. The number of hydrogen-bond donors (Lipinski definition) is 6. The summed E-state index contributed by atoms with van der Waals surface area (Å²) in [6, 6.07) is 0. The fourth-order valence-electron chi connectivity index (χ4n) is 1.97. The fraction of sp³-hybridized carbons (Fsp3) is 0.933. The molecule has 132 valence electrons. The number of aliphatic hydroxyl groups is 5. The van der Waals surface area contributed by atoms with Crippen LogP contribution < -0.4 is 5.32 Å². The van der Waals surface area contributed by atoms with Crippen molar-refractivity contribution >= 4 is 5.91 Å². The van der Waals surface area contributed by atoms with Crippen LogP contribution in [-0.4, -0.2) is 70.0 Å². The van der Waals surface area contributed by atoms with Gasteiger partial charge in [-0.2, -0.15) is 0 Å². The molecule has 22 heavy (non-hydrogen) atoms. The summed E-state index contributed by atoms with van der Waals surface area (Å²) in [4.78, 5) is 11.9.